The third kappa shape index (κ3) is 7.17. The van der Waals surface area contributed by atoms with Crippen LogP contribution in [0, 0.1) is 0 Å². The Morgan fingerprint density at radius 2 is 1.90 bits per heavy atom. The van der Waals surface area contributed by atoms with Crippen molar-refractivity contribution in [1.29, 1.82) is 0 Å². The predicted molar refractivity (Wildman–Crippen MR) is 61.5 cm³/mol. The van der Waals surface area contributed by atoms with Gasteiger partial charge in [0, 0.05) is 28.4 Å². The standard InChI is InChI=1S/C3H8INOP2.C2H6/c1-2(7)5(8)3(4)6;1-2/h2H,7-8H2,1H3;1-2H3. The highest BCUT2D eigenvalue weighted by atomic mass is 127. The molecule has 0 aromatic carbocycles. The average Bonchev–Trinajstić information content (AvgIpc) is 1.90. The van der Waals surface area contributed by atoms with Crippen molar-refractivity contribution < 1.29 is 4.79 Å². The fourth-order valence-electron chi connectivity index (χ4n) is 0.160. The molecule has 0 spiro atoms. The fourth-order valence-corrected chi connectivity index (χ4v) is 1.04. The summed E-state index contributed by atoms with van der Waals surface area (Å²) in [5.41, 5.74) is 0. The normalized spacial score (nSPS) is 11.0. The van der Waals surface area contributed by atoms with Gasteiger partial charge < -0.3 is 4.67 Å². The van der Waals surface area contributed by atoms with E-state index in [9.17, 15) is 4.79 Å². The molecule has 0 radical (unpaired) electrons. The summed E-state index contributed by atoms with van der Waals surface area (Å²) in [5.74, 6) is 0.199. The van der Waals surface area contributed by atoms with Gasteiger partial charge in [-0.15, -0.1) is 9.24 Å². The van der Waals surface area contributed by atoms with Crippen LogP contribution in [0.1, 0.15) is 20.8 Å². The van der Waals surface area contributed by atoms with Gasteiger partial charge in [-0.1, -0.05) is 13.8 Å². The van der Waals surface area contributed by atoms with Crippen LogP contribution in [0.5, 0.6) is 0 Å². The summed E-state index contributed by atoms with van der Waals surface area (Å²) in [7, 11) is 4.87. The number of hydrogen-bond donors (Lipinski definition) is 0. The van der Waals surface area contributed by atoms with E-state index in [4.69, 9.17) is 0 Å². The monoisotopic (exact) mass is 293 g/mol. The first-order chi connectivity index (χ1) is 4.55. The minimum Gasteiger partial charge on any atom is -0.313 e. The molecule has 10 heavy (non-hydrogen) atoms. The lowest BCUT2D eigenvalue weighted by molar-refractivity contribution is 0.250. The van der Waals surface area contributed by atoms with E-state index in [0.29, 0.717) is 0 Å². The molecule has 5 heteroatoms. The van der Waals surface area contributed by atoms with Crippen LogP contribution in [0.15, 0.2) is 0 Å². The molecule has 0 aliphatic carbocycles. The summed E-state index contributed by atoms with van der Waals surface area (Å²) < 4.78 is 1.60. The zero-order valence-electron chi connectivity index (χ0n) is 6.47. The van der Waals surface area contributed by atoms with E-state index in [1.165, 1.54) is 0 Å². The molecule has 3 unspecified atom stereocenters. The van der Waals surface area contributed by atoms with E-state index < -0.39 is 0 Å². The third-order valence-corrected chi connectivity index (χ3v) is 3.09. The molecular formula is C5H14INOP2. The maximum absolute atomic E-state index is 10.5. The second-order valence-corrected chi connectivity index (χ2v) is 3.84. The van der Waals surface area contributed by atoms with Crippen molar-refractivity contribution in [3.05, 3.63) is 0 Å². The predicted octanol–water partition coefficient (Wildman–Crippen LogP) is 2.88. The molecule has 62 valence electrons. The molecule has 0 heterocycles. The molecule has 0 aliphatic heterocycles. The van der Waals surface area contributed by atoms with Crippen molar-refractivity contribution in [2.75, 3.05) is 0 Å². The van der Waals surface area contributed by atoms with Crippen LogP contribution in [0.2, 0.25) is 0 Å². The van der Waals surface area contributed by atoms with Crippen LogP contribution in [0.3, 0.4) is 0 Å². The molecule has 0 bridgehead atoms. The quantitative estimate of drug-likeness (QED) is 0.315. The maximum Gasteiger partial charge on any atom is 0.286 e. The summed E-state index contributed by atoms with van der Waals surface area (Å²) in [6.45, 7) is 5.92. The SMILES string of the molecule is CC.CC(P)N(P)C(=O)I. The highest BCUT2D eigenvalue weighted by Crippen LogP contribution is 2.15. The summed E-state index contributed by atoms with van der Waals surface area (Å²) in [4.78, 5) is 10.5. The Hall–Kier alpha value is 1.06. The van der Waals surface area contributed by atoms with E-state index in [0.717, 1.165) is 0 Å². The number of amides is 1. The average molecular weight is 293 g/mol. The zero-order valence-corrected chi connectivity index (χ0v) is 10.9. The first-order valence-corrected chi connectivity index (χ1v) is 5.31. The molecular weight excluding hydrogens is 279 g/mol. The van der Waals surface area contributed by atoms with Gasteiger partial charge in [-0.3, -0.25) is 4.79 Å². The van der Waals surface area contributed by atoms with Gasteiger partial charge in [0.1, 0.15) is 0 Å². The Bertz CT molecular complexity index is 99.6. The highest BCUT2D eigenvalue weighted by molar-refractivity contribution is 14.1. The van der Waals surface area contributed by atoms with Gasteiger partial charge in [-0.2, -0.15) is 0 Å². The third-order valence-electron chi connectivity index (χ3n) is 0.642. The summed E-state index contributed by atoms with van der Waals surface area (Å²) >= 11 is 1.74. The Morgan fingerprint density at radius 3 is 1.90 bits per heavy atom. The van der Waals surface area contributed by atoms with Crippen LogP contribution in [0.4, 0.5) is 4.79 Å². The largest absolute Gasteiger partial charge is 0.313 e. The van der Waals surface area contributed by atoms with Gasteiger partial charge in [0.2, 0.25) is 0 Å². The molecule has 0 saturated carbocycles. The molecule has 0 N–H and O–H groups in total. The van der Waals surface area contributed by atoms with Gasteiger partial charge in [0.05, 0.1) is 0 Å². The zero-order chi connectivity index (χ0) is 8.73. The smallest absolute Gasteiger partial charge is 0.286 e. The molecule has 0 aromatic heterocycles. The molecule has 0 fully saturated rings. The molecule has 2 nitrogen and oxygen atoms in total. The van der Waals surface area contributed by atoms with E-state index in [1.807, 2.05) is 20.8 Å². The number of halogens is 1. The van der Waals surface area contributed by atoms with Gasteiger partial charge in [0.15, 0.2) is 0 Å². The van der Waals surface area contributed by atoms with E-state index in [2.05, 4.69) is 18.6 Å². The van der Waals surface area contributed by atoms with Gasteiger partial charge in [-0.05, 0) is 16.3 Å². The molecule has 1 amide bonds. The lowest BCUT2D eigenvalue weighted by atomic mass is 10.7. The number of carbonyl (C=O) groups excluding carboxylic acids is 1. The lowest BCUT2D eigenvalue weighted by Crippen LogP contribution is -2.18. The Balaban J connectivity index is 0. The summed E-state index contributed by atoms with van der Waals surface area (Å²) in [5, 5.41) is 0. The Kier molecular flexibility index (Phi) is 11.1. The molecule has 3 atom stereocenters. The Morgan fingerprint density at radius 1 is 1.60 bits per heavy atom. The topological polar surface area (TPSA) is 20.3 Å². The number of hydrogen-bond acceptors (Lipinski definition) is 1. The van der Waals surface area contributed by atoms with Crippen molar-refractivity contribution in [2.24, 2.45) is 0 Å². The number of carbonyl (C=O) groups is 1. The second kappa shape index (κ2) is 8.16. The van der Waals surface area contributed by atoms with Gasteiger partial charge in [0.25, 0.3) is 3.91 Å². The van der Waals surface area contributed by atoms with Crippen LogP contribution >= 0.6 is 41.2 Å². The maximum atomic E-state index is 10.5. The number of nitrogens with zero attached hydrogens (tertiary/aromatic N) is 1. The molecule has 0 saturated heterocycles. The lowest BCUT2D eigenvalue weighted by Gasteiger charge is -2.16. The minimum atomic E-state index is 0.0371. The molecule has 0 aromatic rings. The van der Waals surface area contributed by atoms with Crippen molar-refractivity contribution >= 4 is 45.1 Å². The number of rotatable bonds is 1. The molecule has 0 aliphatic rings. The van der Waals surface area contributed by atoms with Gasteiger partial charge >= 0.3 is 0 Å². The minimum absolute atomic E-state index is 0.0371. The summed E-state index contributed by atoms with van der Waals surface area (Å²) in [6.07, 6.45) is 0. The van der Waals surface area contributed by atoms with E-state index in [1.54, 1.807) is 27.3 Å². The first-order valence-electron chi connectivity index (χ1n) is 3.04. The Labute approximate surface area is 81.1 Å². The van der Waals surface area contributed by atoms with Crippen LogP contribution in [0.25, 0.3) is 0 Å². The van der Waals surface area contributed by atoms with Crippen LogP contribution < -0.4 is 0 Å². The van der Waals surface area contributed by atoms with Gasteiger partial charge in [-0.25, -0.2) is 0 Å². The fraction of sp³-hybridized carbons (Fsp3) is 0.800. The molecule has 0 rings (SSSR count). The van der Waals surface area contributed by atoms with E-state index >= 15 is 0 Å². The van der Waals surface area contributed by atoms with Crippen LogP contribution in [-0.4, -0.2) is 14.4 Å². The van der Waals surface area contributed by atoms with Crippen molar-refractivity contribution in [3.63, 3.8) is 0 Å². The van der Waals surface area contributed by atoms with Crippen molar-refractivity contribution in [2.45, 2.75) is 26.6 Å². The van der Waals surface area contributed by atoms with E-state index in [-0.39, 0.29) is 9.70 Å². The van der Waals surface area contributed by atoms with Crippen molar-refractivity contribution in [3.8, 4) is 0 Å². The summed E-state index contributed by atoms with van der Waals surface area (Å²) in [6, 6.07) is 0. The van der Waals surface area contributed by atoms with Crippen LogP contribution in [-0.2, 0) is 0 Å². The first kappa shape index (κ1) is 13.6. The highest BCUT2D eigenvalue weighted by Gasteiger charge is 2.06. The second-order valence-electron chi connectivity index (χ2n) is 1.40. The van der Waals surface area contributed by atoms with Crippen molar-refractivity contribution in [1.82, 2.24) is 4.67 Å².